The first kappa shape index (κ1) is 15.9. The Hall–Kier alpha value is -1.52. The summed E-state index contributed by atoms with van der Waals surface area (Å²) in [4.78, 5) is 11.8. The number of benzene rings is 1. The first-order chi connectivity index (χ1) is 10.2. The van der Waals surface area contributed by atoms with Crippen LogP contribution in [-0.4, -0.2) is 30.4 Å². The second kappa shape index (κ2) is 8.05. The Labute approximate surface area is 129 Å². The smallest absolute Gasteiger partial charge is 0.326 e. The summed E-state index contributed by atoms with van der Waals surface area (Å²) in [5, 5.41) is 1.70. The van der Waals surface area contributed by atoms with Crippen LogP contribution in [0.15, 0.2) is 30.5 Å². The molecule has 1 aromatic carbocycles. The van der Waals surface area contributed by atoms with Crippen molar-refractivity contribution in [3.63, 3.8) is 0 Å². The molecule has 0 aliphatic carbocycles. The number of nitrogens with zero attached hydrogens (tertiary/aromatic N) is 1. The summed E-state index contributed by atoms with van der Waals surface area (Å²) in [5.41, 5.74) is 0.968. The van der Waals surface area contributed by atoms with Crippen molar-refractivity contribution in [2.75, 3.05) is 19.8 Å². The number of esters is 1. The molecule has 0 aliphatic rings. The number of rotatable bonds is 8. The number of hydrogen-bond donors (Lipinski definition) is 0. The van der Waals surface area contributed by atoms with Gasteiger partial charge in [-0.1, -0.05) is 24.9 Å². The molecule has 5 heteroatoms. The number of hydrogen-bond acceptors (Lipinski definition) is 3. The normalized spacial score (nSPS) is 11.0. The number of fused-ring (bicyclic) bond motifs is 1. The first-order valence-corrected chi connectivity index (χ1v) is 7.56. The van der Waals surface area contributed by atoms with Crippen LogP contribution in [0.2, 0.25) is 5.02 Å². The lowest BCUT2D eigenvalue weighted by Gasteiger charge is -2.07. The minimum atomic E-state index is -0.262. The molecule has 2 rings (SSSR count). The van der Waals surface area contributed by atoms with Gasteiger partial charge in [0.05, 0.1) is 6.61 Å². The van der Waals surface area contributed by atoms with Crippen LogP contribution in [-0.2, 0) is 20.8 Å². The molecule has 0 unspecified atom stereocenters. The number of halogens is 1. The molecule has 0 fully saturated rings. The van der Waals surface area contributed by atoms with E-state index in [0.717, 1.165) is 30.4 Å². The van der Waals surface area contributed by atoms with Gasteiger partial charge in [0, 0.05) is 28.7 Å². The van der Waals surface area contributed by atoms with Crippen LogP contribution in [0.5, 0.6) is 0 Å². The molecule has 114 valence electrons. The van der Waals surface area contributed by atoms with Gasteiger partial charge in [0.2, 0.25) is 0 Å². The molecule has 0 N–H and O–H groups in total. The van der Waals surface area contributed by atoms with Gasteiger partial charge in [-0.2, -0.15) is 0 Å². The lowest BCUT2D eigenvalue weighted by molar-refractivity contribution is -0.145. The van der Waals surface area contributed by atoms with Crippen molar-refractivity contribution in [2.45, 2.75) is 26.3 Å². The van der Waals surface area contributed by atoms with E-state index in [2.05, 4.69) is 6.92 Å². The van der Waals surface area contributed by atoms with Crippen molar-refractivity contribution >= 4 is 28.5 Å². The molecule has 0 saturated heterocycles. The van der Waals surface area contributed by atoms with Crippen molar-refractivity contribution < 1.29 is 14.3 Å². The summed E-state index contributed by atoms with van der Waals surface area (Å²) in [5.74, 6) is -0.262. The van der Waals surface area contributed by atoms with Crippen LogP contribution in [0.1, 0.15) is 19.8 Å². The number of ether oxygens (including phenoxy) is 2. The van der Waals surface area contributed by atoms with E-state index in [4.69, 9.17) is 21.1 Å². The summed E-state index contributed by atoms with van der Waals surface area (Å²) in [7, 11) is 0. The summed E-state index contributed by atoms with van der Waals surface area (Å²) in [6, 6.07) is 7.52. The second-order valence-corrected chi connectivity index (χ2v) is 5.27. The Morgan fingerprint density at radius 3 is 2.90 bits per heavy atom. The highest BCUT2D eigenvalue weighted by Gasteiger charge is 2.07. The van der Waals surface area contributed by atoms with Crippen molar-refractivity contribution in [3.8, 4) is 0 Å². The number of aromatic nitrogens is 1. The first-order valence-electron chi connectivity index (χ1n) is 7.18. The van der Waals surface area contributed by atoms with Crippen molar-refractivity contribution in [2.24, 2.45) is 0 Å². The van der Waals surface area contributed by atoms with Crippen molar-refractivity contribution in [3.05, 3.63) is 35.5 Å². The van der Waals surface area contributed by atoms with Crippen LogP contribution in [0.25, 0.3) is 10.9 Å². The molecule has 1 heterocycles. The van der Waals surface area contributed by atoms with Crippen LogP contribution in [0, 0.1) is 0 Å². The van der Waals surface area contributed by atoms with Gasteiger partial charge in [0.15, 0.2) is 0 Å². The summed E-state index contributed by atoms with van der Waals surface area (Å²) in [6.07, 6.45) is 4.00. The molecule has 0 atom stereocenters. The predicted octanol–water partition coefficient (Wildman–Crippen LogP) is 3.65. The lowest BCUT2D eigenvalue weighted by atomic mass is 10.2. The maximum Gasteiger partial charge on any atom is 0.326 e. The van der Waals surface area contributed by atoms with E-state index in [9.17, 15) is 4.79 Å². The Kier molecular flexibility index (Phi) is 6.08. The van der Waals surface area contributed by atoms with Gasteiger partial charge in [-0.15, -0.1) is 0 Å². The van der Waals surface area contributed by atoms with Crippen LogP contribution >= 0.6 is 11.6 Å². The number of carbonyl (C=O) groups excluding carboxylic acids is 1. The highest BCUT2D eigenvalue weighted by Crippen LogP contribution is 2.20. The molecule has 1 aromatic heterocycles. The Balaban J connectivity index is 1.79. The van der Waals surface area contributed by atoms with E-state index >= 15 is 0 Å². The summed E-state index contributed by atoms with van der Waals surface area (Å²) >= 11 is 5.94. The molecule has 0 bridgehead atoms. The van der Waals surface area contributed by atoms with Gasteiger partial charge in [-0.05, 0) is 30.7 Å². The standard InChI is InChI=1S/C16H20ClNO3/c1-2-3-8-20-9-10-21-16(19)12-18-7-6-13-11-14(17)4-5-15(13)18/h4-7,11H,2-3,8-10,12H2,1H3. The minimum absolute atomic E-state index is 0.195. The third-order valence-corrected chi connectivity index (χ3v) is 3.40. The Morgan fingerprint density at radius 1 is 1.24 bits per heavy atom. The van der Waals surface area contributed by atoms with Gasteiger partial charge in [0.1, 0.15) is 13.2 Å². The van der Waals surface area contributed by atoms with E-state index in [0.29, 0.717) is 18.2 Å². The SMILES string of the molecule is CCCCOCCOC(=O)Cn1ccc2cc(Cl)ccc21. The van der Waals surface area contributed by atoms with Crippen molar-refractivity contribution in [1.29, 1.82) is 0 Å². The highest BCUT2D eigenvalue weighted by atomic mass is 35.5. The quantitative estimate of drug-likeness (QED) is 0.552. The largest absolute Gasteiger partial charge is 0.462 e. The average Bonchev–Trinajstić information content (AvgIpc) is 2.85. The molecular formula is C16H20ClNO3. The van der Waals surface area contributed by atoms with E-state index in [-0.39, 0.29) is 12.5 Å². The fourth-order valence-electron chi connectivity index (χ4n) is 2.06. The van der Waals surface area contributed by atoms with Gasteiger partial charge in [-0.3, -0.25) is 4.79 Å². The maximum absolute atomic E-state index is 11.8. The minimum Gasteiger partial charge on any atom is -0.462 e. The average molecular weight is 310 g/mol. The molecular weight excluding hydrogens is 290 g/mol. The van der Waals surface area contributed by atoms with Gasteiger partial charge in [0.25, 0.3) is 0 Å². The van der Waals surface area contributed by atoms with Crippen LogP contribution in [0.4, 0.5) is 0 Å². The molecule has 0 spiro atoms. The molecule has 21 heavy (non-hydrogen) atoms. The summed E-state index contributed by atoms with van der Waals surface area (Å²) in [6.45, 7) is 3.77. The zero-order chi connectivity index (χ0) is 15.1. The predicted molar refractivity (Wildman–Crippen MR) is 83.6 cm³/mol. The molecule has 4 nitrogen and oxygen atoms in total. The van der Waals surface area contributed by atoms with Gasteiger partial charge in [-0.25, -0.2) is 0 Å². The monoisotopic (exact) mass is 309 g/mol. The molecule has 0 saturated carbocycles. The van der Waals surface area contributed by atoms with Crippen LogP contribution < -0.4 is 0 Å². The van der Waals surface area contributed by atoms with E-state index in [1.807, 2.05) is 35.0 Å². The van der Waals surface area contributed by atoms with Crippen molar-refractivity contribution in [1.82, 2.24) is 4.57 Å². The fraction of sp³-hybridized carbons (Fsp3) is 0.438. The Bertz CT molecular complexity index is 594. The van der Waals surface area contributed by atoms with E-state index in [1.54, 1.807) is 0 Å². The molecule has 0 amide bonds. The highest BCUT2D eigenvalue weighted by molar-refractivity contribution is 6.31. The number of carbonyl (C=O) groups is 1. The fourth-order valence-corrected chi connectivity index (χ4v) is 2.24. The molecule has 2 aromatic rings. The Morgan fingerprint density at radius 2 is 2.10 bits per heavy atom. The van der Waals surface area contributed by atoms with E-state index < -0.39 is 0 Å². The zero-order valence-electron chi connectivity index (χ0n) is 12.2. The lowest BCUT2D eigenvalue weighted by Crippen LogP contribution is -2.16. The third kappa shape index (κ3) is 4.76. The molecule has 0 radical (unpaired) electrons. The van der Waals surface area contributed by atoms with E-state index in [1.165, 1.54) is 0 Å². The topological polar surface area (TPSA) is 40.5 Å². The maximum atomic E-state index is 11.8. The van der Waals surface area contributed by atoms with Gasteiger partial charge < -0.3 is 14.0 Å². The number of unbranched alkanes of at least 4 members (excludes halogenated alkanes) is 1. The summed E-state index contributed by atoms with van der Waals surface area (Å²) < 4.78 is 12.4. The van der Waals surface area contributed by atoms with Crippen LogP contribution in [0.3, 0.4) is 0 Å². The molecule has 0 aliphatic heterocycles. The van der Waals surface area contributed by atoms with Gasteiger partial charge >= 0.3 is 5.97 Å². The second-order valence-electron chi connectivity index (χ2n) is 4.83. The zero-order valence-corrected chi connectivity index (χ0v) is 12.9. The third-order valence-electron chi connectivity index (χ3n) is 3.17.